The van der Waals surface area contributed by atoms with Crippen LogP contribution in [0, 0.1) is 6.92 Å². The van der Waals surface area contributed by atoms with Crippen molar-refractivity contribution >= 4 is 27.5 Å². The number of hydrogen-bond donors (Lipinski definition) is 1. The second-order valence-electron chi connectivity index (χ2n) is 10.8. The largest absolute Gasteiger partial charge is 0.416 e. The smallest absolute Gasteiger partial charge is 0.354 e. The van der Waals surface area contributed by atoms with Crippen molar-refractivity contribution in [1.82, 2.24) is 10.2 Å². The lowest BCUT2D eigenvalue weighted by Crippen LogP contribution is -2.50. The second-order valence-corrected chi connectivity index (χ2v) is 12.8. The molecule has 0 fully saturated rings. The summed E-state index contributed by atoms with van der Waals surface area (Å²) < 4.78 is 66.0. The fourth-order valence-corrected chi connectivity index (χ4v) is 5.75. The fourth-order valence-electron chi connectivity index (χ4n) is 4.79. The maximum atomic E-state index is 13.9. The van der Waals surface area contributed by atoms with E-state index in [1.54, 1.807) is 0 Å². The normalized spacial score (nSPS) is 12.4. The van der Waals surface area contributed by atoms with Gasteiger partial charge in [0.2, 0.25) is 21.8 Å². The van der Waals surface area contributed by atoms with E-state index in [0.717, 1.165) is 58.3 Å². The van der Waals surface area contributed by atoms with Crippen LogP contribution in [-0.2, 0) is 38.8 Å². The number of unbranched alkanes of at least 4 members (excludes halogenated alkanes) is 1. The number of amides is 2. The van der Waals surface area contributed by atoms with E-state index in [4.69, 9.17) is 0 Å². The van der Waals surface area contributed by atoms with Gasteiger partial charge in [0.1, 0.15) is 6.04 Å². The van der Waals surface area contributed by atoms with Crippen molar-refractivity contribution in [3.63, 3.8) is 0 Å². The third kappa shape index (κ3) is 10.4. The van der Waals surface area contributed by atoms with Gasteiger partial charge in [-0.05, 0) is 49.1 Å². The van der Waals surface area contributed by atoms with E-state index in [9.17, 15) is 31.2 Å². The molecule has 3 rings (SSSR count). The third-order valence-electron chi connectivity index (χ3n) is 7.19. The van der Waals surface area contributed by atoms with E-state index in [-0.39, 0.29) is 49.9 Å². The summed E-state index contributed by atoms with van der Waals surface area (Å²) in [7, 11) is -3.96. The predicted octanol–water partition coefficient (Wildman–Crippen LogP) is 6.12. The molecule has 238 valence electrons. The van der Waals surface area contributed by atoms with Gasteiger partial charge in [0.25, 0.3) is 0 Å². The number of nitrogens with zero attached hydrogens (tertiary/aromatic N) is 2. The van der Waals surface area contributed by atoms with Gasteiger partial charge in [-0.15, -0.1) is 0 Å². The predicted molar refractivity (Wildman–Crippen MR) is 166 cm³/mol. The molecule has 0 aliphatic heterocycles. The highest BCUT2D eigenvalue weighted by Gasteiger charge is 2.32. The minimum atomic E-state index is -4.64. The lowest BCUT2D eigenvalue weighted by atomic mass is 10.0. The standard InChI is InChI=1S/C33H40F3N3O4S/c1-4-5-20-37-32(41)30(22-26-11-7-6-8-12-26)38(24-27-18-16-25(2)17-19-27)31(40)15-10-21-39(44(3,42)43)29-14-9-13-28(23-29)33(34,35)36/h6-9,11-14,16-19,23,30H,4-5,10,15,20-22,24H2,1-3H3,(H,37,41)/t30-/m1/s1. The molecule has 0 spiro atoms. The topological polar surface area (TPSA) is 86.8 Å². The van der Waals surface area contributed by atoms with Crippen LogP contribution in [0.1, 0.15) is 54.9 Å². The number of benzene rings is 3. The summed E-state index contributed by atoms with van der Waals surface area (Å²) >= 11 is 0. The molecule has 3 aromatic carbocycles. The van der Waals surface area contributed by atoms with Crippen LogP contribution in [0.4, 0.5) is 18.9 Å². The summed E-state index contributed by atoms with van der Waals surface area (Å²) in [6.45, 7) is 4.37. The van der Waals surface area contributed by atoms with Crippen molar-refractivity contribution in [3.8, 4) is 0 Å². The van der Waals surface area contributed by atoms with E-state index in [0.29, 0.717) is 6.54 Å². The van der Waals surface area contributed by atoms with Gasteiger partial charge in [-0.1, -0.05) is 79.6 Å². The molecule has 0 aromatic heterocycles. The Hall–Kier alpha value is -3.86. The number of anilines is 1. The van der Waals surface area contributed by atoms with Gasteiger partial charge in [0.05, 0.1) is 17.5 Å². The highest BCUT2D eigenvalue weighted by molar-refractivity contribution is 7.92. The van der Waals surface area contributed by atoms with E-state index in [1.165, 1.54) is 11.0 Å². The maximum Gasteiger partial charge on any atom is 0.416 e. The highest BCUT2D eigenvalue weighted by atomic mass is 32.2. The molecule has 1 atom stereocenters. The Kier molecular flexibility index (Phi) is 12.4. The summed E-state index contributed by atoms with van der Waals surface area (Å²) in [5.74, 6) is -0.654. The van der Waals surface area contributed by atoms with Crippen molar-refractivity contribution in [2.24, 2.45) is 0 Å². The van der Waals surface area contributed by atoms with Crippen LogP contribution in [0.25, 0.3) is 0 Å². The average molecular weight is 632 g/mol. The number of rotatable bonds is 15. The highest BCUT2D eigenvalue weighted by Crippen LogP contribution is 2.32. The van der Waals surface area contributed by atoms with E-state index < -0.39 is 27.8 Å². The first-order valence-corrected chi connectivity index (χ1v) is 16.5. The van der Waals surface area contributed by atoms with Crippen molar-refractivity contribution < 1.29 is 31.2 Å². The molecule has 2 amide bonds. The zero-order valence-electron chi connectivity index (χ0n) is 25.3. The zero-order valence-corrected chi connectivity index (χ0v) is 26.1. The fraction of sp³-hybridized carbons (Fsp3) is 0.394. The number of aryl methyl sites for hydroxylation is 1. The van der Waals surface area contributed by atoms with Gasteiger partial charge < -0.3 is 10.2 Å². The quantitative estimate of drug-likeness (QED) is 0.205. The Morgan fingerprint density at radius 3 is 2.20 bits per heavy atom. The Bertz CT molecular complexity index is 1480. The van der Waals surface area contributed by atoms with Gasteiger partial charge in [-0.3, -0.25) is 13.9 Å². The molecule has 1 N–H and O–H groups in total. The molecule has 0 aliphatic carbocycles. The molecule has 44 heavy (non-hydrogen) atoms. The van der Waals surface area contributed by atoms with Crippen molar-refractivity contribution in [3.05, 3.63) is 101 Å². The lowest BCUT2D eigenvalue weighted by molar-refractivity contribution is -0.141. The Morgan fingerprint density at radius 1 is 0.909 bits per heavy atom. The van der Waals surface area contributed by atoms with Gasteiger partial charge in [0, 0.05) is 32.5 Å². The number of sulfonamides is 1. The lowest BCUT2D eigenvalue weighted by Gasteiger charge is -2.32. The van der Waals surface area contributed by atoms with Crippen LogP contribution in [0.2, 0.25) is 0 Å². The van der Waals surface area contributed by atoms with E-state index >= 15 is 0 Å². The summed E-state index contributed by atoms with van der Waals surface area (Å²) in [5, 5.41) is 2.96. The second kappa shape index (κ2) is 15.7. The molecular weight excluding hydrogens is 591 g/mol. The average Bonchev–Trinajstić information content (AvgIpc) is 2.97. The van der Waals surface area contributed by atoms with Gasteiger partial charge in [0.15, 0.2) is 0 Å². The van der Waals surface area contributed by atoms with Crippen molar-refractivity contribution in [2.75, 3.05) is 23.7 Å². The molecule has 0 aliphatic rings. The Labute approximate surface area is 258 Å². The molecule has 0 saturated carbocycles. The number of carbonyl (C=O) groups is 2. The van der Waals surface area contributed by atoms with E-state index in [2.05, 4.69) is 5.32 Å². The molecule has 0 radical (unpaired) electrons. The third-order valence-corrected chi connectivity index (χ3v) is 8.38. The number of nitrogens with one attached hydrogen (secondary N) is 1. The van der Waals surface area contributed by atoms with Crippen LogP contribution < -0.4 is 9.62 Å². The Balaban J connectivity index is 1.88. The SMILES string of the molecule is CCCCNC(=O)[C@@H](Cc1ccccc1)N(Cc1ccc(C)cc1)C(=O)CCCN(c1cccc(C(F)(F)F)c1)S(C)(=O)=O. The first kappa shape index (κ1) is 34.6. The first-order valence-electron chi connectivity index (χ1n) is 14.6. The first-order chi connectivity index (χ1) is 20.8. The maximum absolute atomic E-state index is 13.9. The molecule has 3 aromatic rings. The molecule has 0 saturated heterocycles. The van der Waals surface area contributed by atoms with Gasteiger partial charge >= 0.3 is 6.18 Å². The molecule has 7 nitrogen and oxygen atoms in total. The molecule has 0 unspecified atom stereocenters. The summed E-state index contributed by atoms with van der Waals surface area (Å²) in [4.78, 5) is 28.9. The van der Waals surface area contributed by atoms with Crippen molar-refractivity contribution in [2.45, 2.75) is 64.7 Å². The van der Waals surface area contributed by atoms with Crippen LogP contribution in [0.3, 0.4) is 0 Å². The van der Waals surface area contributed by atoms with Crippen LogP contribution in [-0.4, -0.2) is 50.5 Å². The number of carbonyl (C=O) groups excluding carboxylic acids is 2. The summed E-state index contributed by atoms with van der Waals surface area (Å²) in [5.41, 5.74) is 1.63. The van der Waals surface area contributed by atoms with Crippen LogP contribution >= 0.6 is 0 Å². The Morgan fingerprint density at radius 2 is 1.59 bits per heavy atom. The molecule has 11 heteroatoms. The van der Waals surface area contributed by atoms with Gasteiger partial charge in [-0.2, -0.15) is 13.2 Å². The molecular formula is C33H40F3N3O4S. The zero-order chi connectivity index (χ0) is 32.3. The monoisotopic (exact) mass is 631 g/mol. The minimum Gasteiger partial charge on any atom is -0.354 e. The van der Waals surface area contributed by atoms with Crippen LogP contribution in [0.5, 0.6) is 0 Å². The van der Waals surface area contributed by atoms with E-state index in [1.807, 2.05) is 68.4 Å². The van der Waals surface area contributed by atoms with Gasteiger partial charge in [-0.25, -0.2) is 8.42 Å². The summed E-state index contributed by atoms with van der Waals surface area (Å²) in [6.07, 6.45) is -1.88. The minimum absolute atomic E-state index is 0.0298. The number of hydrogen-bond acceptors (Lipinski definition) is 4. The van der Waals surface area contributed by atoms with Crippen molar-refractivity contribution in [1.29, 1.82) is 0 Å². The molecule has 0 bridgehead atoms. The molecule has 0 heterocycles. The summed E-state index contributed by atoms with van der Waals surface area (Å²) in [6, 6.07) is 20.3. The van der Waals surface area contributed by atoms with Crippen LogP contribution in [0.15, 0.2) is 78.9 Å². The number of halogens is 3. The number of alkyl halides is 3.